The molecule has 7 heteroatoms. The highest BCUT2D eigenvalue weighted by molar-refractivity contribution is 7.11. The molecule has 0 bridgehead atoms. The van der Waals surface area contributed by atoms with E-state index < -0.39 is 0 Å². The molecular weight excluding hydrogens is 264 g/mol. The van der Waals surface area contributed by atoms with Gasteiger partial charge in [-0.1, -0.05) is 5.16 Å². The van der Waals surface area contributed by atoms with E-state index in [9.17, 15) is 4.79 Å². The maximum Gasteiger partial charge on any atom is 0.226 e. The molecule has 0 aromatic carbocycles. The number of nitrogens with zero attached hydrogens (tertiary/aromatic N) is 3. The van der Waals surface area contributed by atoms with Crippen LogP contribution in [0.1, 0.15) is 34.4 Å². The lowest BCUT2D eigenvalue weighted by molar-refractivity contribution is -0.121. The maximum atomic E-state index is 11.6. The van der Waals surface area contributed by atoms with Gasteiger partial charge in [0.25, 0.3) is 0 Å². The Kier molecular flexibility index (Phi) is 4.62. The topological polar surface area (TPSA) is 80.9 Å². The van der Waals surface area contributed by atoms with Gasteiger partial charge in [0.15, 0.2) is 5.82 Å². The van der Waals surface area contributed by atoms with Crippen molar-refractivity contribution in [1.29, 1.82) is 0 Å². The Labute approximate surface area is 115 Å². The summed E-state index contributed by atoms with van der Waals surface area (Å²) in [5.41, 5.74) is 0. The van der Waals surface area contributed by atoms with Gasteiger partial charge in [0.2, 0.25) is 11.8 Å². The number of aryl methyl sites for hydroxylation is 3. The van der Waals surface area contributed by atoms with Gasteiger partial charge in [0, 0.05) is 23.9 Å². The summed E-state index contributed by atoms with van der Waals surface area (Å²) in [6.45, 7) is 4.27. The Morgan fingerprint density at radius 3 is 2.95 bits per heavy atom. The van der Waals surface area contributed by atoms with E-state index in [1.165, 1.54) is 0 Å². The first-order valence-electron chi connectivity index (χ1n) is 6.10. The molecule has 1 N–H and O–H groups in total. The lowest BCUT2D eigenvalue weighted by Crippen LogP contribution is -2.22. The summed E-state index contributed by atoms with van der Waals surface area (Å²) in [6, 6.07) is 0. The summed E-state index contributed by atoms with van der Waals surface area (Å²) in [6.07, 6.45) is 3.59. The second kappa shape index (κ2) is 6.42. The Morgan fingerprint density at radius 2 is 2.32 bits per heavy atom. The molecule has 0 spiro atoms. The zero-order chi connectivity index (χ0) is 13.7. The van der Waals surface area contributed by atoms with Crippen molar-refractivity contribution in [1.82, 2.24) is 20.4 Å². The SMILES string of the molecule is Cc1noc(CCCC(=O)NCc2cnc(C)s2)n1. The van der Waals surface area contributed by atoms with Crippen molar-refractivity contribution < 1.29 is 9.32 Å². The first-order chi connectivity index (χ1) is 9.13. The molecule has 2 aromatic heterocycles. The van der Waals surface area contributed by atoms with Crippen molar-refractivity contribution in [2.45, 2.75) is 39.7 Å². The zero-order valence-corrected chi connectivity index (χ0v) is 11.8. The third-order valence-electron chi connectivity index (χ3n) is 2.49. The Bertz CT molecular complexity index is 549. The van der Waals surface area contributed by atoms with Gasteiger partial charge < -0.3 is 9.84 Å². The first-order valence-corrected chi connectivity index (χ1v) is 6.92. The van der Waals surface area contributed by atoms with Gasteiger partial charge in [0.05, 0.1) is 11.6 Å². The minimum atomic E-state index is 0.0299. The molecule has 2 heterocycles. The molecule has 0 fully saturated rings. The monoisotopic (exact) mass is 280 g/mol. The molecule has 1 amide bonds. The number of hydrogen-bond acceptors (Lipinski definition) is 6. The van der Waals surface area contributed by atoms with Crippen molar-refractivity contribution in [2.24, 2.45) is 0 Å². The fourth-order valence-electron chi connectivity index (χ4n) is 1.60. The minimum absolute atomic E-state index is 0.0299. The number of rotatable bonds is 6. The van der Waals surface area contributed by atoms with Crippen LogP contribution in [-0.2, 0) is 17.8 Å². The lowest BCUT2D eigenvalue weighted by atomic mass is 10.2. The van der Waals surface area contributed by atoms with Crippen LogP contribution in [0.2, 0.25) is 0 Å². The molecule has 0 aliphatic rings. The summed E-state index contributed by atoms with van der Waals surface area (Å²) >= 11 is 1.59. The predicted molar refractivity (Wildman–Crippen MR) is 70.7 cm³/mol. The van der Waals surface area contributed by atoms with E-state index in [4.69, 9.17) is 4.52 Å². The zero-order valence-electron chi connectivity index (χ0n) is 11.0. The molecule has 2 aromatic rings. The average Bonchev–Trinajstić information content (AvgIpc) is 2.96. The molecule has 19 heavy (non-hydrogen) atoms. The highest BCUT2D eigenvalue weighted by atomic mass is 32.1. The Hall–Kier alpha value is -1.76. The van der Waals surface area contributed by atoms with Crippen LogP contribution in [0.4, 0.5) is 0 Å². The second-order valence-corrected chi connectivity index (χ2v) is 5.53. The number of carbonyl (C=O) groups excluding carboxylic acids is 1. The molecular formula is C12H16N4O2S. The summed E-state index contributed by atoms with van der Waals surface area (Å²) in [7, 11) is 0. The lowest BCUT2D eigenvalue weighted by Gasteiger charge is -2.01. The predicted octanol–water partition coefficient (Wildman–Crippen LogP) is 1.78. The highest BCUT2D eigenvalue weighted by Gasteiger charge is 2.06. The van der Waals surface area contributed by atoms with Gasteiger partial charge in [-0.15, -0.1) is 11.3 Å². The maximum absolute atomic E-state index is 11.6. The van der Waals surface area contributed by atoms with Crippen LogP contribution in [0.3, 0.4) is 0 Å². The third-order valence-corrected chi connectivity index (χ3v) is 3.41. The van der Waals surface area contributed by atoms with Gasteiger partial charge >= 0.3 is 0 Å². The number of aromatic nitrogens is 3. The number of thiazole rings is 1. The van der Waals surface area contributed by atoms with E-state index in [1.807, 2.05) is 6.92 Å². The fourth-order valence-corrected chi connectivity index (χ4v) is 2.34. The molecule has 6 nitrogen and oxygen atoms in total. The smallest absolute Gasteiger partial charge is 0.226 e. The highest BCUT2D eigenvalue weighted by Crippen LogP contribution is 2.11. The Balaban J connectivity index is 1.64. The summed E-state index contributed by atoms with van der Waals surface area (Å²) in [5, 5.41) is 7.58. The van der Waals surface area contributed by atoms with Gasteiger partial charge in [-0.2, -0.15) is 4.98 Å². The van der Waals surface area contributed by atoms with E-state index >= 15 is 0 Å². The van der Waals surface area contributed by atoms with Gasteiger partial charge in [-0.25, -0.2) is 4.98 Å². The molecule has 0 saturated carbocycles. The molecule has 2 rings (SSSR count). The average molecular weight is 280 g/mol. The summed E-state index contributed by atoms with van der Waals surface area (Å²) in [5.74, 6) is 1.24. The van der Waals surface area contributed by atoms with Crippen LogP contribution in [0, 0.1) is 13.8 Å². The van der Waals surface area contributed by atoms with E-state index in [1.54, 1.807) is 24.5 Å². The van der Waals surface area contributed by atoms with Gasteiger partial charge in [-0.05, 0) is 20.3 Å². The molecule has 0 atom stereocenters. The largest absolute Gasteiger partial charge is 0.351 e. The summed E-state index contributed by atoms with van der Waals surface area (Å²) in [4.78, 5) is 20.9. The van der Waals surface area contributed by atoms with Crippen molar-refractivity contribution in [3.8, 4) is 0 Å². The number of carbonyl (C=O) groups is 1. The van der Waals surface area contributed by atoms with E-state index in [-0.39, 0.29) is 5.91 Å². The Morgan fingerprint density at radius 1 is 1.47 bits per heavy atom. The van der Waals surface area contributed by atoms with Crippen LogP contribution in [0.25, 0.3) is 0 Å². The quantitative estimate of drug-likeness (QED) is 0.872. The third kappa shape index (κ3) is 4.44. The number of nitrogens with one attached hydrogen (secondary N) is 1. The minimum Gasteiger partial charge on any atom is -0.351 e. The standard InChI is InChI=1S/C12H16N4O2S/c1-8-15-12(18-16-8)5-3-4-11(17)14-7-10-6-13-9(2)19-10/h6H,3-5,7H2,1-2H3,(H,14,17). The normalized spacial score (nSPS) is 10.6. The van der Waals surface area contributed by atoms with Crippen LogP contribution in [-0.4, -0.2) is 21.0 Å². The molecule has 0 aliphatic carbocycles. The second-order valence-electron chi connectivity index (χ2n) is 4.21. The van der Waals surface area contributed by atoms with Crippen LogP contribution in [0.5, 0.6) is 0 Å². The van der Waals surface area contributed by atoms with Crippen molar-refractivity contribution in [2.75, 3.05) is 0 Å². The molecule has 0 saturated heterocycles. The van der Waals surface area contributed by atoms with Crippen LogP contribution < -0.4 is 5.32 Å². The fraction of sp³-hybridized carbons (Fsp3) is 0.500. The van der Waals surface area contributed by atoms with Gasteiger partial charge in [-0.3, -0.25) is 4.79 Å². The van der Waals surface area contributed by atoms with Crippen molar-refractivity contribution in [3.05, 3.63) is 27.8 Å². The molecule has 0 radical (unpaired) electrons. The summed E-state index contributed by atoms with van der Waals surface area (Å²) < 4.78 is 4.98. The van der Waals surface area contributed by atoms with Gasteiger partial charge in [0.1, 0.15) is 0 Å². The van der Waals surface area contributed by atoms with Crippen molar-refractivity contribution in [3.63, 3.8) is 0 Å². The van der Waals surface area contributed by atoms with E-state index in [0.717, 1.165) is 9.88 Å². The van der Waals surface area contributed by atoms with Crippen molar-refractivity contribution >= 4 is 17.2 Å². The first kappa shape index (κ1) is 13.7. The molecule has 102 valence electrons. The number of hydrogen-bond donors (Lipinski definition) is 1. The molecule has 0 unspecified atom stereocenters. The molecule has 0 aliphatic heterocycles. The van der Waals surface area contributed by atoms with Crippen LogP contribution >= 0.6 is 11.3 Å². The van der Waals surface area contributed by atoms with E-state index in [2.05, 4.69) is 20.4 Å². The number of amides is 1. The van der Waals surface area contributed by atoms with Crippen LogP contribution in [0.15, 0.2) is 10.7 Å². The van der Waals surface area contributed by atoms with E-state index in [0.29, 0.717) is 37.5 Å².